The van der Waals surface area contributed by atoms with E-state index < -0.39 is 6.10 Å². The average Bonchev–Trinajstić information content (AvgIpc) is 2.77. The first-order valence-corrected chi connectivity index (χ1v) is 11.4. The SMILES string of the molecule is COCCOc1cc(C)c2c(c1C)[C@H](O)C([C@H](C)C(=O)NCCN1CCOCC1)CC2. The zero-order chi connectivity index (χ0) is 22.4. The molecule has 7 heteroatoms. The minimum Gasteiger partial charge on any atom is -0.491 e. The van der Waals surface area contributed by atoms with Crippen molar-refractivity contribution in [1.82, 2.24) is 10.2 Å². The first-order valence-electron chi connectivity index (χ1n) is 11.4. The van der Waals surface area contributed by atoms with Gasteiger partial charge in [0.25, 0.3) is 0 Å². The summed E-state index contributed by atoms with van der Waals surface area (Å²) >= 11 is 0. The molecule has 7 nitrogen and oxygen atoms in total. The highest BCUT2D eigenvalue weighted by Gasteiger charge is 2.37. The molecule has 0 aromatic heterocycles. The number of carbonyl (C=O) groups excluding carboxylic acids is 1. The molecule has 0 spiro atoms. The number of amides is 1. The predicted molar refractivity (Wildman–Crippen MR) is 119 cm³/mol. The number of morpholine rings is 1. The molecule has 1 aliphatic heterocycles. The third kappa shape index (κ3) is 5.77. The Balaban J connectivity index is 1.64. The number of benzene rings is 1. The zero-order valence-electron chi connectivity index (χ0n) is 19.4. The van der Waals surface area contributed by atoms with E-state index in [2.05, 4.69) is 23.2 Å². The number of aryl methyl sites for hydroxylation is 1. The van der Waals surface area contributed by atoms with E-state index in [9.17, 15) is 9.90 Å². The van der Waals surface area contributed by atoms with E-state index in [-0.39, 0.29) is 17.7 Å². The number of methoxy groups -OCH3 is 1. The van der Waals surface area contributed by atoms with Gasteiger partial charge in [-0.2, -0.15) is 0 Å². The van der Waals surface area contributed by atoms with Gasteiger partial charge in [-0.05, 0) is 55.0 Å². The summed E-state index contributed by atoms with van der Waals surface area (Å²) in [4.78, 5) is 15.1. The first kappa shape index (κ1) is 24.0. The topological polar surface area (TPSA) is 80.3 Å². The van der Waals surface area contributed by atoms with Crippen molar-refractivity contribution >= 4 is 5.91 Å². The lowest BCUT2D eigenvalue weighted by Crippen LogP contribution is -2.43. The molecule has 1 aromatic rings. The quantitative estimate of drug-likeness (QED) is 0.579. The first-order chi connectivity index (χ1) is 14.9. The summed E-state index contributed by atoms with van der Waals surface area (Å²) in [6, 6.07) is 2.05. The molecule has 1 unspecified atom stereocenters. The lowest BCUT2D eigenvalue weighted by molar-refractivity contribution is -0.128. The number of rotatable bonds is 9. The molecule has 1 aliphatic carbocycles. The van der Waals surface area contributed by atoms with E-state index in [4.69, 9.17) is 14.2 Å². The van der Waals surface area contributed by atoms with Gasteiger partial charge in [0, 0.05) is 45.1 Å². The number of nitrogens with one attached hydrogen (secondary N) is 1. The highest BCUT2D eigenvalue weighted by Crippen LogP contribution is 2.43. The molecule has 1 aromatic carbocycles. The van der Waals surface area contributed by atoms with Gasteiger partial charge < -0.3 is 24.6 Å². The molecule has 2 N–H and O–H groups in total. The molecule has 0 radical (unpaired) electrons. The number of nitrogens with zero attached hydrogens (tertiary/aromatic N) is 1. The number of carbonyl (C=O) groups is 1. The van der Waals surface area contributed by atoms with Crippen LogP contribution in [0.1, 0.15) is 41.7 Å². The lowest BCUT2D eigenvalue weighted by Gasteiger charge is -2.36. The Morgan fingerprint density at radius 2 is 2.06 bits per heavy atom. The zero-order valence-corrected chi connectivity index (χ0v) is 19.4. The van der Waals surface area contributed by atoms with E-state index in [1.807, 2.05) is 13.8 Å². The summed E-state index contributed by atoms with van der Waals surface area (Å²) in [5.41, 5.74) is 4.24. The van der Waals surface area contributed by atoms with Gasteiger partial charge >= 0.3 is 0 Å². The molecule has 31 heavy (non-hydrogen) atoms. The third-order valence-electron chi connectivity index (χ3n) is 6.78. The van der Waals surface area contributed by atoms with Crippen molar-refractivity contribution in [3.63, 3.8) is 0 Å². The molecular weight excluding hydrogens is 396 g/mol. The van der Waals surface area contributed by atoms with Crippen LogP contribution in [-0.4, -0.2) is 75.6 Å². The molecule has 3 atom stereocenters. The van der Waals surface area contributed by atoms with Crippen LogP contribution in [0.4, 0.5) is 0 Å². The lowest BCUT2D eigenvalue weighted by atomic mass is 9.72. The highest BCUT2D eigenvalue weighted by molar-refractivity contribution is 5.78. The van der Waals surface area contributed by atoms with Gasteiger partial charge in [-0.3, -0.25) is 9.69 Å². The Kier molecular flexibility index (Phi) is 8.72. The Labute approximate surface area is 186 Å². The second-order valence-corrected chi connectivity index (χ2v) is 8.73. The molecule has 1 fully saturated rings. The normalized spacial score (nSPS) is 22.6. The average molecular weight is 435 g/mol. The molecule has 1 heterocycles. The molecule has 1 saturated heterocycles. The van der Waals surface area contributed by atoms with Gasteiger partial charge in [-0.15, -0.1) is 0 Å². The van der Waals surface area contributed by atoms with Crippen LogP contribution in [0.25, 0.3) is 0 Å². The summed E-state index contributed by atoms with van der Waals surface area (Å²) in [5.74, 6) is 0.437. The van der Waals surface area contributed by atoms with E-state index in [0.717, 1.165) is 68.1 Å². The highest BCUT2D eigenvalue weighted by atomic mass is 16.5. The maximum Gasteiger partial charge on any atom is 0.223 e. The van der Waals surface area contributed by atoms with Crippen LogP contribution in [0.3, 0.4) is 0 Å². The second kappa shape index (κ2) is 11.3. The summed E-state index contributed by atoms with van der Waals surface area (Å²) < 4.78 is 16.3. The Morgan fingerprint density at radius 1 is 1.32 bits per heavy atom. The minimum absolute atomic E-state index is 0.0163. The molecular formula is C24H38N2O5. The smallest absolute Gasteiger partial charge is 0.223 e. The number of aliphatic hydroxyl groups is 1. The number of hydrogen-bond acceptors (Lipinski definition) is 6. The molecule has 2 aliphatic rings. The van der Waals surface area contributed by atoms with E-state index in [0.29, 0.717) is 19.8 Å². The summed E-state index contributed by atoms with van der Waals surface area (Å²) in [6.45, 7) is 11.8. The number of hydrogen-bond donors (Lipinski definition) is 2. The summed E-state index contributed by atoms with van der Waals surface area (Å²) in [6.07, 6.45) is 0.998. The fourth-order valence-corrected chi connectivity index (χ4v) is 4.80. The van der Waals surface area contributed by atoms with E-state index in [1.165, 1.54) is 5.56 Å². The van der Waals surface area contributed by atoms with Crippen LogP contribution in [0.5, 0.6) is 5.75 Å². The molecule has 0 bridgehead atoms. The Hall–Kier alpha value is -1.67. The van der Waals surface area contributed by atoms with Gasteiger partial charge in [-0.25, -0.2) is 0 Å². The minimum atomic E-state index is -0.673. The predicted octanol–water partition coefficient (Wildman–Crippen LogP) is 2.01. The van der Waals surface area contributed by atoms with Crippen molar-refractivity contribution in [1.29, 1.82) is 0 Å². The molecule has 1 amide bonds. The van der Waals surface area contributed by atoms with Gasteiger partial charge in [-0.1, -0.05) is 6.92 Å². The van der Waals surface area contributed by atoms with Crippen LogP contribution < -0.4 is 10.1 Å². The number of ether oxygens (including phenoxy) is 3. The largest absolute Gasteiger partial charge is 0.491 e. The van der Waals surface area contributed by atoms with E-state index >= 15 is 0 Å². The third-order valence-corrected chi connectivity index (χ3v) is 6.78. The van der Waals surface area contributed by atoms with Crippen molar-refractivity contribution in [3.05, 3.63) is 28.3 Å². The molecule has 3 rings (SSSR count). The molecule has 0 saturated carbocycles. The van der Waals surface area contributed by atoms with Crippen LogP contribution in [0, 0.1) is 25.7 Å². The number of fused-ring (bicyclic) bond motifs is 1. The van der Waals surface area contributed by atoms with Crippen LogP contribution in [0.2, 0.25) is 0 Å². The van der Waals surface area contributed by atoms with Crippen molar-refractivity contribution < 1.29 is 24.1 Å². The van der Waals surface area contributed by atoms with Crippen molar-refractivity contribution in [2.24, 2.45) is 11.8 Å². The molecule has 174 valence electrons. The van der Waals surface area contributed by atoms with Gasteiger partial charge in [0.15, 0.2) is 0 Å². The number of aliphatic hydroxyl groups excluding tert-OH is 1. The monoisotopic (exact) mass is 434 g/mol. The van der Waals surface area contributed by atoms with Crippen molar-refractivity contribution in [2.45, 2.75) is 39.7 Å². The fourth-order valence-electron chi connectivity index (χ4n) is 4.80. The Morgan fingerprint density at radius 3 is 2.77 bits per heavy atom. The van der Waals surface area contributed by atoms with Crippen LogP contribution in [0.15, 0.2) is 6.07 Å². The van der Waals surface area contributed by atoms with E-state index in [1.54, 1.807) is 7.11 Å². The van der Waals surface area contributed by atoms with Crippen LogP contribution in [-0.2, 0) is 20.7 Å². The van der Waals surface area contributed by atoms with Crippen molar-refractivity contribution in [3.8, 4) is 5.75 Å². The summed E-state index contributed by atoms with van der Waals surface area (Å²) in [5, 5.41) is 14.4. The van der Waals surface area contributed by atoms with Crippen molar-refractivity contribution in [2.75, 3.05) is 59.7 Å². The Bertz CT molecular complexity index is 748. The fraction of sp³-hybridized carbons (Fsp3) is 0.708. The van der Waals surface area contributed by atoms with Gasteiger partial charge in [0.1, 0.15) is 12.4 Å². The second-order valence-electron chi connectivity index (χ2n) is 8.73. The van der Waals surface area contributed by atoms with Crippen LogP contribution >= 0.6 is 0 Å². The van der Waals surface area contributed by atoms with Gasteiger partial charge in [0.05, 0.1) is 25.9 Å². The summed E-state index contributed by atoms with van der Waals surface area (Å²) in [7, 11) is 1.65. The maximum absolute atomic E-state index is 12.8. The standard InChI is InChI=1S/C24H38N2O5/c1-16-15-21(31-14-13-29-4)18(3)22-19(16)5-6-20(23(22)27)17(2)24(28)25-7-8-26-9-11-30-12-10-26/h15,17,20,23,27H,5-14H2,1-4H3,(H,25,28)/t17-,20?,23+/m0/s1. The maximum atomic E-state index is 12.8. The van der Waals surface area contributed by atoms with Gasteiger partial charge in [0.2, 0.25) is 5.91 Å².